The number of esters is 1. The number of hydrogen-bond donors (Lipinski definition) is 0. The first-order chi connectivity index (χ1) is 21.4. The number of thioether (sulfide) groups is 1. The van der Waals surface area contributed by atoms with Gasteiger partial charge in [0, 0.05) is 12.0 Å². The normalized spacial score (nSPS) is 14.6. The third-order valence-electron chi connectivity index (χ3n) is 6.89. The van der Waals surface area contributed by atoms with Crippen LogP contribution in [0, 0.1) is 6.92 Å². The second kappa shape index (κ2) is 12.4. The quantitative estimate of drug-likeness (QED) is 0.119. The molecule has 1 atom stereocenters. The number of ketones is 1. The SMILES string of the molecule is Cc1ccc(-c2cnnc(SC3CC(=O)N(c4ccc(C(=O)OCC(=O)c5ccc(-c6ccccc6)cc5)cc4)C3=O)n2)o1. The molecule has 0 spiro atoms. The van der Waals surface area contributed by atoms with Crippen LogP contribution in [0.3, 0.4) is 0 Å². The van der Waals surface area contributed by atoms with Crippen molar-refractivity contribution in [2.45, 2.75) is 23.8 Å². The molecule has 0 aliphatic carbocycles. The maximum Gasteiger partial charge on any atom is 0.338 e. The zero-order chi connectivity index (χ0) is 30.6. The summed E-state index contributed by atoms with van der Waals surface area (Å²) in [5, 5.41) is 7.44. The summed E-state index contributed by atoms with van der Waals surface area (Å²) in [6.45, 7) is 1.39. The van der Waals surface area contributed by atoms with Crippen molar-refractivity contribution in [3.63, 3.8) is 0 Å². The Bertz CT molecular complexity index is 1860. The summed E-state index contributed by atoms with van der Waals surface area (Å²) in [6, 6.07) is 26.3. The maximum absolute atomic E-state index is 13.2. The van der Waals surface area contributed by atoms with Crippen LogP contribution < -0.4 is 4.90 Å². The number of aromatic nitrogens is 3. The lowest BCUT2D eigenvalue weighted by molar-refractivity contribution is -0.121. The number of furan rings is 1. The van der Waals surface area contributed by atoms with Crippen LogP contribution in [-0.4, -0.2) is 50.6 Å². The molecular weight excluding hydrogens is 580 g/mol. The molecule has 2 aromatic heterocycles. The molecule has 3 heterocycles. The van der Waals surface area contributed by atoms with Gasteiger partial charge < -0.3 is 9.15 Å². The molecule has 2 amide bonds. The van der Waals surface area contributed by atoms with Crippen LogP contribution in [0.4, 0.5) is 5.69 Å². The molecule has 0 radical (unpaired) electrons. The number of ether oxygens (including phenoxy) is 1. The molecule has 1 aliphatic rings. The number of benzene rings is 3. The molecule has 0 bridgehead atoms. The predicted octanol–water partition coefficient (Wildman–Crippen LogP) is 5.57. The lowest BCUT2D eigenvalue weighted by Crippen LogP contribution is -2.31. The molecule has 6 rings (SSSR count). The van der Waals surface area contributed by atoms with Crippen molar-refractivity contribution in [1.82, 2.24) is 15.2 Å². The number of nitrogens with zero attached hydrogens (tertiary/aromatic N) is 4. The molecule has 44 heavy (non-hydrogen) atoms. The summed E-state index contributed by atoms with van der Waals surface area (Å²) in [7, 11) is 0. The molecule has 1 unspecified atom stereocenters. The Balaban J connectivity index is 1.05. The average Bonchev–Trinajstić information content (AvgIpc) is 3.61. The van der Waals surface area contributed by atoms with Crippen LogP contribution in [0.25, 0.3) is 22.6 Å². The van der Waals surface area contributed by atoms with Crippen molar-refractivity contribution in [2.75, 3.05) is 11.5 Å². The van der Waals surface area contributed by atoms with Crippen molar-refractivity contribution in [3.8, 4) is 22.6 Å². The van der Waals surface area contributed by atoms with Crippen molar-refractivity contribution in [2.24, 2.45) is 0 Å². The van der Waals surface area contributed by atoms with E-state index >= 15 is 0 Å². The van der Waals surface area contributed by atoms with E-state index in [9.17, 15) is 19.2 Å². The fraction of sp³-hybridized carbons (Fsp3) is 0.121. The standard InChI is InChI=1S/C33H24N4O6S/c1-20-7-16-28(43-20)26-18-34-36-33(35-26)44-29-17-30(39)37(31(29)40)25-14-12-24(13-15-25)32(41)42-19-27(38)23-10-8-22(9-11-23)21-5-3-2-4-6-21/h2-16,18,29H,17,19H2,1H3. The lowest BCUT2D eigenvalue weighted by Gasteiger charge is -2.15. The van der Waals surface area contributed by atoms with Gasteiger partial charge in [-0.3, -0.25) is 14.4 Å². The van der Waals surface area contributed by atoms with Gasteiger partial charge >= 0.3 is 5.97 Å². The van der Waals surface area contributed by atoms with Gasteiger partial charge in [0.05, 0.1) is 17.4 Å². The lowest BCUT2D eigenvalue weighted by atomic mass is 10.0. The van der Waals surface area contributed by atoms with E-state index in [4.69, 9.17) is 9.15 Å². The number of carbonyl (C=O) groups excluding carboxylic acids is 4. The number of aryl methyl sites for hydroxylation is 1. The smallest absolute Gasteiger partial charge is 0.338 e. The number of carbonyl (C=O) groups is 4. The van der Waals surface area contributed by atoms with Crippen molar-refractivity contribution >= 4 is 41.0 Å². The topological polar surface area (TPSA) is 133 Å². The van der Waals surface area contributed by atoms with Gasteiger partial charge in [-0.25, -0.2) is 14.7 Å². The Morgan fingerprint density at radius 3 is 2.32 bits per heavy atom. The second-order valence-corrected chi connectivity index (χ2v) is 11.1. The van der Waals surface area contributed by atoms with Crippen LogP contribution in [0.5, 0.6) is 0 Å². The highest BCUT2D eigenvalue weighted by atomic mass is 32.2. The van der Waals surface area contributed by atoms with Gasteiger partial charge in [-0.15, -0.1) is 5.10 Å². The second-order valence-electron chi connectivity index (χ2n) is 9.90. The van der Waals surface area contributed by atoms with Gasteiger partial charge in [-0.2, -0.15) is 5.10 Å². The molecule has 1 saturated heterocycles. The molecule has 1 aliphatic heterocycles. The minimum Gasteiger partial charge on any atom is -0.460 e. The molecule has 218 valence electrons. The monoisotopic (exact) mass is 604 g/mol. The molecule has 5 aromatic rings. The highest BCUT2D eigenvalue weighted by molar-refractivity contribution is 8.00. The van der Waals surface area contributed by atoms with Gasteiger partial charge in [0.1, 0.15) is 16.7 Å². The number of amides is 2. The number of anilines is 1. The van der Waals surface area contributed by atoms with E-state index in [0.29, 0.717) is 22.7 Å². The van der Waals surface area contributed by atoms with E-state index < -0.39 is 29.6 Å². The first-order valence-corrected chi connectivity index (χ1v) is 14.5. The van der Waals surface area contributed by atoms with Crippen LogP contribution in [0.1, 0.15) is 32.9 Å². The first kappa shape index (κ1) is 28.7. The summed E-state index contributed by atoms with van der Waals surface area (Å²) in [6.07, 6.45) is 1.41. The van der Waals surface area contributed by atoms with E-state index in [2.05, 4.69) is 15.2 Å². The summed E-state index contributed by atoms with van der Waals surface area (Å²) in [5.74, 6) is -0.613. The van der Waals surface area contributed by atoms with Crippen LogP contribution in [0.2, 0.25) is 0 Å². The molecule has 10 nitrogen and oxygen atoms in total. The minimum absolute atomic E-state index is 0.0464. The maximum atomic E-state index is 13.2. The minimum atomic E-state index is -0.740. The van der Waals surface area contributed by atoms with Crippen LogP contribution in [0.15, 0.2) is 107 Å². The Kier molecular flexibility index (Phi) is 8.11. The van der Waals surface area contributed by atoms with Crippen molar-refractivity contribution < 1.29 is 28.3 Å². The molecule has 11 heteroatoms. The number of Topliss-reactive ketones (excluding diaryl/α,β-unsaturated/α-hetero) is 1. The Hall–Kier alpha value is -5.42. The molecule has 0 saturated carbocycles. The van der Waals surface area contributed by atoms with Gasteiger partial charge in [-0.1, -0.05) is 66.4 Å². The van der Waals surface area contributed by atoms with Crippen molar-refractivity contribution in [1.29, 1.82) is 0 Å². The highest BCUT2D eigenvalue weighted by Gasteiger charge is 2.41. The average molecular weight is 605 g/mol. The molecular formula is C33H24N4O6S. The Morgan fingerprint density at radius 2 is 1.61 bits per heavy atom. The molecule has 0 N–H and O–H groups in total. The Morgan fingerprint density at radius 1 is 0.909 bits per heavy atom. The fourth-order valence-electron chi connectivity index (χ4n) is 4.65. The zero-order valence-corrected chi connectivity index (χ0v) is 24.2. The zero-order valence-electron chi connectivity index (χ0n) is 23.4. The number of rotatable bonds is 9. The number of hydrogen-bond acceptors (Lipinski definition) is 10. The number of imide groups is 1. The van der Waals surface area contributed by atoms with E-state index in [1.54, 1.807) is 24.3 Å². The highest BCUT2D eigenvalue weighted by Crippen LogP contribution is 2.33. The summed E-state index contributed by atoms with van der Waals surface area (Å²) in [5.41, 5.74) is 3.39. The van der Waals surface area contributed by atoms with Gasteiger partial charge in [-0.05, 0) is 54.4 Å². The fourth-order valence-corrected chi connectivity index (χ4v) is 5.58. The van der Waals surface area contributed by atoms with E-state index in [1.807, 2.05) is 49.4 Å². The van der Waals surface area contributed by atoms with Crippen LogP contribution >= 0.6 is 11.8 Å². The first-order valence-electron chi connectivity index (χ1n) is 13.6. The summed E-state index contributed by atoms with van der Waals surface area (Å²) >= 11 is 1.05. The molecule has 1 fully saturated rings. The van der Waals surface area contributed by atoms with E-state index in [1.165, 1.54) is 30.5 Å². The van der Waals surface area contributed by atoms with E-state index in [0.717, 1.165) is 33.5 Å². The van der Waals surface area contributed by atoms with E-state index in [-0.39, 0.29) is 22.9 Å². The molecule has 3 aromatic carbocycles. The summed E-state index contributed by atoms with van der Waals surface area (Å²) in [4.78, 5) is 56.7. The van der Waals surface area contributed by atoms with Crippen molar-refractivity contribution in [3.05, 3.63) is 114 Å². The Labute approximate surface area is 256 Å². The third kappa shape index (κ3) is 6.18. The van der Waals surface area contributed by atoms with Gasteiger partial charge in [0.15, 0.2) is 18.2 Å². The van der Waals surface area contributed by atoms with Gasteiger partial charge in [0.25, 0.3) is 0 Å². The van der Waals surface area contributed by atoms with Gasteiger partial charge in [0.2, 0.25) is 17.0 Å². The predicted molar refractivity (Wildman–Crippen MR) is 162 cm³/mol. The summed E-state index contributed by atoms with van der Waals surface area (Å²) < 4.78 is 10.8. The largest absolute Gasteiger partial charge is 0.460 e. The third-order valence-corrected chi connectivity index (χ3v) is 7.93. The van der Waals surface area contributed by atoms with Crippen LogP contribution in [-0.2, 0) is 14.3 Å².